The molecule has 1 saturated heterocycles. The minimum absolute atomic E-state index is 0.0607. The van der Waals surface area contributed by atoms with Crippen molar-refractivity contribution in [1.82, 2.24) is 4.90 Å². The largest absolute Gasteiger partial charge is 0.488 e. The van der Waals surface area contributed by atoms with Crippen molar-refractivity contribution in [2.24, 2.45) is 0 Å². The predicted molar refractivity (Wildman–Crippen MR) is 73.5 cm³/mol. The SMILES string of the molecule is CC(C)(C)Oc1ccc(C(=O)N2CCOCC2)cc1. The molecule has 1 aliphatic rings. The molecule has 0 aromatic heterocycles. The number of benzene rings is 1. The molecule has 0 spiro atoms. The molecule has 1 heterocycles. The van der Waals surface area contributed by atoms with Crippen molar-refractivity contribution >= 4 is 5.91 Å². The van der Waals surface area contributed by atoms with Crippen LogP contribution in [0.2, 0.25) is 0 Å². The predicted octanol–water partition coefficient (Wildman–Crippen LogP) is 2.34. The summed E-state index contributed by atoms with van der Waals surface area (Å²) in [6, 6.07) is 7.33. The first-order valence-electron chi connectivity index (χ1n) is 6.62. The molecule has 1 amide bonds. The van der Waals surface area contributed by atoms with E-state index in [-0.39, 0.29) is 11.5 Å². The van der Waals surface area contributed by atoms with Crippen LogP contribution >= 0.6 is 0 Å². The summed E-state index contributed by atoms with van der Waals surface area (Å²) in [6.45, 7) is 8.57. The van der Waals surface area contributed by atoms with Crippen molar-refractivity contribution in [2.45, 2.75) is 26.4 Å². The van der Waals surface area contributed by atoms with Gasteiger partial charge in [-0.15, -0.1) is 0 Å². The van der Waals surface area contributed by atoms with Gasteiger partial charge in [0.05, 0.1) is 13.2 Å². The summed E-state index contributed by atoms with van der Waals surface area (Å²) in [5, 5.41) is 0. The molecule has 0 N–H and O–H groups in total. The summed E-state index contributed by atoms with van der Waals surface area (Å²) in [5.41, 5.74) is 0.471. The highest BCUT2D eigenvalue weighted by Crippen LogP contribution is 2.19. The Labute approximate surface area is 114 Å². The van der Waals surface area contributed by atoms with Gasteiger partial charge in [0.1, 0.15) is 11.4 Å². The Hall–Kier alpha value is -1.55. The van der Waals surface area contributed by atoms with Gasteiger partial charge in [0, 0.05) is 18.7 Å². The van der Waals surface area contributed by atoms with E-state index in [1.54, 1.807) is 0 Å². The van der Waals surface area contributed by atoms with Gasteiger partial charge in [0.15, 0.2) is 0 Å². The maximum Gasteiger partial charge on any atom is 0.254 e. The highest BCUT2D eigenvalue weighted by Gasteiger charge is 2.18. The van der Waals surface area contributed by atoms with Crippen molar-refractivity contribution in [3.63, 3.8) is 0 Å². The Morgan fingerprint density at radius 2 is 1.74 bits per heavy atom. The molecule has 1 fully saturated rings. The van der Waals surface area contributed by atoms with Crippen LogP contribution in [0, 0.1) is 0 Å². The van der Waals surface area contributed by atoms with Crippen molar-refractivity contribution < 1.29 is 14.3 Å². The van der Waals surface area contributed by atoms with Gasteiger partial charge < -0.3 is 14.4 Å². The topological polar surface area (TPSA) is 38.8 Å². The Balaban J connectivity index is 2.03. The van der Waals surface area contributed by atoms with Crippen molar-refractivity contribution in [2.75, 3.05) is 26.3 Å². The molecule has 0 saturated carbocycles. The van der Waals surface area contributed by atoms with Gasteiger partial charge >= 0.3 is 0 Å². The van der Waals surface area contributed by atoms with Crippen LogP contribution in [0.5, 0.6) is 5.75 Å². The number of morpholine rings is 1. The fraction of sp³-hybridized carbons (Fsp3) is 0.533. The van der Waals surface area contributed by atoms with Gasteiger partial charge in [-0.05, 0) is 45.0 Å². The van der Waals surface area contributed by atoms with E-state index in [9.17, 15) is 4.79 Å². The average molecular weight is 263 g/mol. The van der Waals surface area contributed by atoms with Gasteiger partial charge in [-0.25, -0.2) is 0 Å². The van der Waals surface area contributed by atoms with Gasteiger partial charge in [-0.2, -0.15) is 0 Å². The molecule has 4 nitrogen and oxygen atoms in total. The number of carbonyl (C=O) groups excluding carboxylic acids is 1. The van der Waals surface area contributed by atoms with Crippen LogP contribution in [0.3, 0.4) is 0 Å². The summed E-state index contributed by atoms with van der Waals surface area (Å²) < 4.78 is 11.0. The zero-order valence-corrected chi connectivity index (χ0v) is 11.8. The second-order valence-electron chi connectivity index (χ2n) is 5.64. The Morgan fingerprint density at radius 3 is 2.26 bits per heavy atom. The summed E-state index contributed by atoms with van der Waals surface area (Å²) in [4.78, 5) is 14.0. The summed E-state index contributed by atoms with van der Waals surface area (Å²) in [5.74, 6) is 0.844. The molecule has 1 aliphatic heterocycles. The molecule has 0 atom stereocenters. The Bertz CT molecular complexity index is 428. The number of ether oxygens (including phenoxy) is 2. The monoisotopic (exact) mass is 263 g/mol. The van der Waals surface area contributed by atoms with Crippen molar-refractivity contribution in [3.8, 4) is 5.75 Å². The lowest BCUT2D eigenvalue weighted by Gasteiger charge is -2.27. The summed E-state index contributed by atoms with van der Waals surface area (Å²) in [6.07, 6.45) is 0. The molecule has 19 heavy (non-hydrogen) atoms. The highest BCUT2D eigenvalue weighted by atomic mass is 16.5. The number of nitrogens with zero attached hydrogens (tertiary/aromatic N) is 1. The van der Waals surface area contributed by atoms with Crippen molar-refractivity contribution in [3.05, 3.63) is 29.8 Å². The smallest absolute Gasteiger partial charge is 0.254 e. The number of rotatable bonds is 2. The van der Waals surface area contributed by atoms with Crippen LogP contribution < -0.4 is 4.74 Å². The van der Waals surface area contributed by atoms with Crippen LogP contribution in [0.1, 0.15) is 31.1 Å². The number of amides is 1. The van der Waals surface area contributed by atoms with Crippen LogP contribution in [-0.2, 0) is 4.74 Å². The minimum Gasteiger partial charge on any atom is -0.488 e. The number of hydrogen-bond acceptors (Lipinski definition) is 3. The number of carbonyl (C=O) groups is 1. The fourth-order valence-corrected chi connectivity index (χ4v) is 1.97. The van der Waals surface area contributed by atoms with Crippen molar-refractivity contribution in [1.29, 1.82) is 0 Å². The minimum atomic E-state index is -0.226. The van der Waals surface area contributed by atoms with Crippen LogP contribution in [0.4, 0.5) is 0 Å². The highest BCUT2D eigenvalue weighted by molar-refractivity contribution is 5.94. The fourth-order valence-electron chi connectivity index (χ4n) is 1.97. The molecule has 1 aromatic carbocycles. The van der Waals surface area contributed by atoms with E-state index in [1.165, 1.54) is 0 Å². The first-order valence-corrected chi connectivity index (χ1v) is 6.62. The lowest BCUT2D eigenvalue weighted by molar-refractivity contribution is 0.0303. The van der Waals surface area contributed by atoms with Crippen LogP contribution in [0.15, 0.2) is 24.3 Å². The van der Waals surface area contributed by atoms with Gasteiger partial charge in [0.25, 0.3) is 5.91 Å². The molecule has 2 rings (SSSR count). The van der Waals surface area contributed by atoms with E-state index in [2.05, 4.69) is 0 Å². The first-order chi connectivity index (χ1) is 8.96. The maximum atomic E-state index is 12.2. The second-order valence-corrected chi connectivity index (χ2v) is 5.64. The van der Waals surface area contributed by atoms with E-state index in [0.717, 1.165) is 5.75 Å². The van der Waals surface area contributed by atoms with E-state index >= 15 is 0 Å². The van der Waals surface area contributed by atoms with Gasteiger partial charge in [-0.3, -0.25) is 4.79 Å². The molecule has 0 unspecified atom stereocenters. The average Bonchev–Trinajstić information content (AvgIpc) is 2.38. The molecule has 4 heteroatoms. The summed E-state index contributed by atoms with van der Waals surface area (Å²) >= 11 is 0. The normalized spacial score (nSPS) is 16.3. The third-order valence-electron chi connectivity index (χ3n) is 2.82. The number of hydrogen-bond donors (Lipinski definition) is 0. The van der Waals surface area contributed by atoms with E-state index in [1.807, 2.05) is 49.9 Å². The molecular weight excluding hydrogens is 242 g/mol. The Morgan fingerprint density at radius 1 is 1.16 bits per heavy atom. The molecule has 104 valence electrons. The third kappa shape index (κ3) is 3.96. The zero-order valence-electron chi connectivity index (χ0n) is 11.8. The van der Waals surface area contributed by atoms with Gasteiger partial charge in [0.2, 0.25) is 0 Å². The molecule has 0 aliphatic carbocycles. The second kappa shape index (κ2) is 5.61. The van der Waals surface area contributed by atoms with E-state index < -0.39 is 0 Å². The van der Waals surface area contributed by atoms with Gasteiger partial charge in [-0.1, -0.05) is 0 Å². The molecule has 0 bridgehead atoms. The lowest BCUT2D eigenvalue weighted by Crippen LogP contribution is -2.40. The zero-order chi connectivity index (χ0) is 13.9. The standard InChI is InChI=1S/C15H21NO3/c1-15(2,3)19-13-6-4-12(5-7-13)14(17)16-8-10-18-11-9-16/h4-7H,8-11H2,1-3H3. The lowest BCUT2D eigenvalue weighted by atomic mass is 10.1. The maximum absolute atomic E-state index is 12.2. The molecular formula is C15H21NO3. The van der Waals surface area contributed by atoms with Crippen LogP contribution in [-0.4, -0.2) is 42.7 Å². The first kappa shape index (κ1) is 13.9. The summed E-state index contributed by atoms with van der Waals surface area (Å²) in [7, 11) is 0. The van der Waals surface area contributed by atoms with E-state index in [0.29, 0.717) is 31.9 Å². The molecule has 1 aromatic rings. The Kier molecular flexibility index (Phi) is 4.10. The van der Waals surface area contributed by atoms with Crippen LogP contribution in [0.25, 0.3) is 0 Å². The molecule has 0 radical (unpaired) electrons. The van der Waals surface area contributed by atoms with E-state index in [4.69, 9.17) is 9.47 Å². The third-order valence-corrected chi connectivity index (χ3v) is 2.82. The quantitative estimate of drug-likeness (QED) is 0.822.